The molecule has 1 aromatic heterocycles. The summed E-state index contributed by atoms with van der Waals surface area (Å²) in [5, 5.41) is 15.4. The molecular formula is C16H11FN2O2. The van der Waals surface area contributed by atoms with Gasteiger partial charge in [-0.05, 0) is 28.5 Å². The third kappa shape index (κ3) is 2.81. The zero-order valence-corrected chi connectivity index (χ0v) is 10.9. The molecule has 2 aromatic carbocycles. The minimum absolute atomic E-state index is 0.269. The van der Waals surface area contributed by atoms with Crippen LogP contribution in [0.25, 0.3) is 17.8 Å². The van der Waals surface area contributed by atoms with Crippen molar-refractivity contribution in [1.29, 1.82) is 0 Å². The van der Waals surface area contributed by atoms with Crippen LogP contribution < -0.4 is 9.79 Å². The van der Waals surface area contributed by atoms with Gasteiger partial charge >= 0.3 is 0 Å². The Morgan fingerprint density at radius 2 is 1.71 bits per heavy atom. The summed E-state index contributed by atoms with van der Waals surface area (Å²) < 4.78 is 19.0. The molecule has 4 nitrogen and oxygen atoms in total. The third-order valence-electron chi connectivity index (χ3n) is 2.95. The van der Waals surface area contributed by atoms with Crippen molar-refractivity contribution in [3.8, 4) is 11.6 Å². The van der Waals surface area contributed by atoms with Gasteiger partial charge in [-0.3, -0.25) is 0 Å². The molecular weight excluding hydrogens is 271 g/mol. The van der Waals surface area contributed by atoms with Crippen LogP contribution in [0.15, 0.2) is 59.1 Å². The van der Waals surface area contributed by atoms with Crippen LogP contribution in [0, 0.1) is 5.82 Å². The van der Waals surface area contributed by atoms with E-state index in [2.05, 4.69) is 9.79 Å². The van der Waals surface area contributed by atoms with Crippen molar-refractivity contribution in [3.05, 3.63) is 71.7 Å². The van der Waals surface area contributed by atoms with Crippen LogP contribution in [0.3, 0.4) is 0 Å². The predicted octanol–water partition coefficient (Wildman–Crippen LogP) is 2.33. The Kier molecular flexibility index (Phi) is 3.47. The molecule has 0 amide bonds. The number of halogens is 1. The van der Waals surface area contributed by atoms with Crippen LogP contribution in [0.5, 0.6) is 5.95 Å². The van der Waals surface area contributed by atoms with Crippen molar-refractivity contribution in [2.75, 3.05) is 0 Å². The number of benzene rings is 2. The molecule has 1 heterocycles. The fraction of sp³-hybridized carbons (Fsp3) is 0. The smallest absolute Gasteiger partial charge is 0.263 e. The summed E-state index contributed by atoms with van der Waals surface area (Å²) in [5.41, 5.74) is 1.77. The molecule has 104 valence electrons. The highest BCUT2D eigenvalue weighted by Gasteiger charge is 2.17. The molecule has 0 unspecified atom stereocenters. The van der Waals surface area contributed by atoms with Gasteiger partial charge in [0, 0.05) is 18.2 Å². The van der Waals surface area contributed by atoms with Crippen LogP contribution in [-0.4, -0.2) is 5.27 Å². The predicted molar refractivity (Wildman–Crippen MR) is 72.8 cm³/mol. The first-order valence-electron chi connectivity index (χ1n) is 6.32. The molecule has 0 saturated carbocycles. The molecule has 3 aromatic rings. The third-order valence-corrected chi connectivity index (χ3v) is 2.95. The van der Waals surface area contributed by atoms with E-state index in [9.17, 15) is 9.50 Å². The van der Waals surface area contributed by atoms with E-state index in [1.54, 1.807) is 12.2 Å². The number of rotatable bonds is 3. The lowest BCUT2D eigenvalue weighted by Gasteiger charge is -1.94. The Morgan fingerprint density at radius 1 is 1.00 bits per heavy atom. The maximum Gasteiger partial charge on any atom is 0.263 e. The molecule has 5 heteroatoms. The molecule has 21 heavy (non-hydrogen) atoms. The normalized spacial score (nSPS) is 11.1. The van der Waals surface area contributed by atoms with Gasteiger partial charge in [-0.25, -0.2) is 4.39 Å². The molecule has 0 radical (unpaired) electrons. The maximum atomic E-state index is 12.9. The van der Waals surface area contributed by atoms with Gasteiger partial charge in [-0.15, -0.1) is 0 Å². The lowest BCUT2D eigenvalue weighted by Crippen LogP contribution is -2.35. The van der Waals surface area contributed by atoms with Crippen LogP contribution in [0.4, 0.5) is 4.39 Å². The fourth-order valence-corrected chi connectivity index (χ4v) is 1.90. The number of nitrogens with zero attached hydrogens (tertiary/aromatic N) is 2. The van der Waals surface area contributed by atoms with Crippen molar-refractivity contribution in [2.45, 2.75) is 0 Å². The highest BCUT2D eigenvalue weighted by molar-refractivity contribution is 5.68. The summed E-state index contributed by atoms with van der Waals surface area (Å²) in [5.74, 6) is -0.905. The maximum absolute atomic E-state index is 12.9. The Morgan fingerprint density at radius 3 is 2.43 bits per heavy atom. The van der Waals surface area contributed by atoms with Gasteiger partial charge in [0.2, 0.25) is 5.69 Å². The molecule has 0 saturated heterocycles. The van der Waals surface area contributed by atoms with E-state index in [1.807, 2.05) is 30.3 Å². The average Bonchev–Trinajstić information content (AvgIpc) is 2.88. The Hall–Kier alpha value is -2.95. The minimum Gasteiger partial charge on any atom is -0.539 e. The first-order chi connectivity index (χ1) is 10.2. The number of hydrogen-bond acceptors (Lipinski definition) is 3. The Bertz CT molecular complexity index is 765. The van der Waals surface area contributed by atoms with Gasteiger partial charge in [0.15, 0.2) is 5.95 Å². The van der Waals surface area contributed by atoms with Gasteiger partial charge in [0.25, 0.3) is 5.69 Å². The van der Waals surface area contributed by atoms with Gasteiger partial charge in [-0.1, -0.05) is 30.3 Å². The molecule has 0 aliphatic carbocycles. The summed E-state index contributed by atoms with van der Waals surface area (Å²) >= 11 is 0. The van der Waals surface area contributed by atoms with Crippen LogP contribution in [0.1, 0.15) is 11.3 Å². The van der Waals surface area contributed by atoms with E-state index in [1.165, 1.54) is 28.9 Å². The topological polar surface area (TPSA) is 53.0 Å². The molecule has 0 N–H and O–H groups in total. The van der Waals surface area contributed by atoms with Crippen molar-refractivity contribution < 1.29 is 18.7 Å². The lowest BCUT2D eigenvalue weighted by atomic mass is 10.2. The van der Waals surface area contributed by atoms with Crippen molar-refractivity contribution in [3.63, 3.8) is 0 Å². The lowest BCUT2D eigenvalue weighted by molar-refractivity contribution is -0.672. The largest absolute Gasteiger partial charge is 0.539 e. The minimum atomic E-state index is -0.550. The second-order valence-corrected chi connectivity index (χ2v) is 4.38. The first kappa shape index (κ1) is 13.1. The second-order valence-electron chi connectivity index (χ2n) is 4.38. The molecule has 0 spiro atoms. The zero-order valence-electron chi connectivity index (χ0n) is 10.9. The zero-order chi connectivity index (χ0) is 14.7. The average molecular weight is 282 g/mol. The number of aromatic nitrogens is 2. The summed E-state index contributed by atoms with van der Waals surface area (Å²) in [7, 11) is 0. The number of hydrogen-bond donors (Lipinski definition) is 0. The van der Waals surface area contributed by atoms with E-state index >= 15 is 0 Å². The summed E-state index contributed by atoms with van der Waals surface area (Å²) in [6, 6.07) is 15.2. The van der Waals surface area contributed by atoms with Gasteiger partial charge in [0.1, 0.15) is 5.82 Å². The highest BCUT2D eigenvalue weighted by Crippen LogP contribution is 2.14. The van der Waals surface area contributed by atoms with E-state index < -0.39 is 5.95 Å². The van der Waals surface area contributed by atoms with E-state index in [0.717, 1.165) is 5.56 Å². The highest BCUT2D eigenvalue weighted by atomic mass is 19.1. The van der Waals surface area contributed by atoms with Crippen LogP contribution in [-0.2, 0) is 0 Å². The molecule has 0 bridgehead atoms. The molecule has 0 aliphatic heterocycles. The Labute approximate surface area is 120 Å². The van der Waals surface area contributed by atoms with Crippen molar-refractivity contribution >= 4 is 12.2 Å². The summed E-state index contributed by atoms with van der Waals surface area (Å²) in [6.07, 6.45) is 3.41. The van der Waals surface area contributed by atoms with Crippen LogP contribution in [0.2, 0.25) is 0 Å². The monoisotopic (exact) mass is 282 g/mol. The first-order valence-corrected chi connectivity index (χ1v) is 6.32. The SMILES string of the molecule is [O-]c1on[n+](-c2ccc(F)cc2)c1/C=C/c1ccccc1. The fourth-order valence-electron chi connectivity index (χ4n) is 1.90. The quantitative estimate of drug-likeness (QED) is 0.693. The van der Waals surface area contributed by atoms with E-state index in [4.69, 9.17) is 0 Å². The summed E-state index contributed by atoms with van der Waals surface area (Å²) in [6.45, 7) is 0. The van der Waals surface area contributed by atoms with E-state index in [0.29, 0.717) is 5.69 Å². The van der Waals surface area contributed by atoms with Crippen molar-refractivity contribution in [2.24, 2.45) is 0 Å². The van der Waals surface area contributed by atoms with Gasteiger partial charge in [0.05, 0.1) is 5.27 Å². The van der Waals surface area contributed by atoms with Crippen molar-refractivity contribution in [1.82, 2.24) is 5.27 Å². The van der Waals surface area contributed by atoms with E-state index in [-0.39, 0.29) is 11.5 Å². The summed E-state index contributed by atoms with van der Waals surface area (Å²) in [4.78, 5) is 0. The standard InChI is InChI=1S/C16H11FN2O2/c17-13-7-9-14(10-8-13)19-15(16(20)21-18-19)11-6-12-4-2-1-3-5-12/h1-11H/b11-6+. The molecule has 0 aliphatic rings. The second kappa shape index (κ2) is 5.58. The molecule has 3 rings (SSSR count). The molecule has 0 fully saturated rings. The Balaban J connectivity index is 1.98. The van der Waals surface area contributed by atoms with Gasteiger partial charge in [-0.2, -0.15) is 0 Å². The van der Waals surface area contributed by atoms with Crippen LogP contribution >= 0.6 is 0 Å². The van der Waals surface area contributed by atoms with Gasteiger partial charge < -0.3 is 9.63 Å². The molecule has 0 atom stereocenters.